The summed E-state index contributed by atoms with van der Waals surface area (Å²) in [5.74, 6) is 0.0456. The fourth-order valence-corrected chi connectivity index (χ4v) is 3.49. The Labute approximate surface area is 149 Å². The third-order valence-electron chi connectivity index (χ3n) is 4.12. The van der Waals surface area contributed by atoms with Crippen LogP contribution in [0.5, 0.6) is 0 Å². The molecule has 0 spiro atoms. The van der Waals surface area contributed by atoms with E-state index in [0.717, 1.165) is 35.8 Å². The molecule has 0 saturated heterocycles. The molecule has 24 heavy (non-hydrogen) atoms. The molecule has 0 fully saturated rings. The minimum absolute atomic E-state index is 0.0456. The van der Waals surface area contributed by atoms with E-state index >= 15 is 0 Å². The number of rotatable bonds is 8. The van der Waals surface area contributed by atoms with Crippen LogP contribution in [-0.2, 0) is 17.9 Å². The fraction of sp³-hybridized carbons (Fsp3) is 0.474. The maximum atomic E-state index is 12.4. The van der Waals surface area contributed by atoms with Gasteiger partial charge < -0.3 is 9.88 Å². The van der Waals surface area contributed by atoms with Crippen molar-refractivity contribution in [2.75, 3.05) is 0 Å². The van der Waals surface area contributed by atoms with Gasteiger partial charge in [-0.05, 0) is 32.8 Å². The summed E-state index contributed by atoms with van der Waals surface area (Å²) in [6.07, 6.45) is 2.27. The number of imidazole rings is 1. The van der Waals surface area contributed by atoms with Crippen LogP contribution in [0, 0.1) is 13.8 Å². The van der Waals surface area contributed by atoms with Gasteiger partial charge >= 0.3 is 0 Å². The maximum Gasteiger partial charge on any atom is 0.233 e. The van der Waals surface area contributed by atoms with Gasteiger partial charge in [-0.3, -0.25) is 4.79 Å². The molecule has 0 aliphatic rings. The average molecular weight is 346 g/mol. The molecule has 130 valence electrons. The second-order valence-corrected chi connectivity index (χ2v) is 7.34. The molecule has 0 aliphatic carbocycles. The lowest BCUT2D eigenvalue weighted by Crippen LogP contribution is -2.30. The SMILES string of the molecule is CCCCn1c(SC(C)C(=O)NCc2ccccc2)nc(C)c1C. The monoisotopic (exact) mass is 345 g/mol. The number of aryl methyl sites for hydroxylation is 1. The minimum Gasteiger partial charge on any atom is -0.351 e. The van der Waals surface area contributed by atoms with E-state index in [1.807, 2.05) is 44.2 Å². The van der Waals surface area contributed by atoms with Crippen molar-refractivity contribution in [3.63, 3.8) is 0 Å². The third kappa shape index (κ3) is 4.87. The number of unbranched alkanes of at least 4 members (excludes halogenated alkanes) is 1. The smallest absolute Gasteiger partial charge is 0.233 e. The zero-order valence-electron chi connectivity index (χ0n) is 15.0. The summed E-state index contributed by atoms with van der Waals surface area (Å²) in [5, 5.41) is 3.78. The van der Waals surface area contributed by atoms with Crippen LogP contribution < -0.4 is 5.32 Å². The van der Waals surface area contributed by atoms with E-state index in [0.29, 0.717) is 6.54 Å². The number of nitrogens with one attached hydrogen (secondary N) is 1. The minimum atomic E-state index is -0.171. The second kappa shape index (κ2) is 8.92. The number of benzene rings is 1. The van der Waals surface area contributed by atoms with Gasteiger partial charge in [0.15, 0.2) is 5.16 Å². The highest BCUT2D eigenvalue weighted by molar-refractivity contribution is 8.00. The molecule has 5 heteroatoms. The highest BCUT2D eigenvalue weighted by atomic mass is 32.2. The molecule has 1 N–H and O–H groups in total. The summed E-state index contributed by atoms with van der Waals surface area (Å²) in [7, 11) is 0. The topological polar surface area (TPSA) is 46.9 Å². The first-order chi connectivity index (χ1) is 11.5. The quantitative estimate of drug-likeness (QED) is 0.733. The molecule has 0 aliphatic heterocycles. The van der Waals surface area contributed by atoms with Crippen molar-refractivity contribution < 1.29 is 4.79 Å². The van der Waals surface area contributed by atoms with Crippen molar-refractivity contribution in [3.8, 4) is 0 Å². The van der Waals surface area contributed by atoms with Gasteiger partial charge in [0.05, 0.1) is 10.9 Å². The van der Waals surface area contributed by atoms with Gasteiger partial charge in [-0.25, -0.2) is 4.98 Å². The van der Waals surface area contributed by atoms with Crippen LogP contribution in [0.2, 0.25) is 0 Å². The molecular formula is C19H27N3OS. The Morgan fingerprint density at radius 1 is 1.29 bits per heavy atom. The predicted molar refractivity (Wildman–Crippen MR) is 100 cm³/mol. The Kier molecular flexibility index (Phi) is 6.91. The molecule has 1 aromatic heterocycles. The Morgan fingerprint density at radius 2 is 2.00 bits per heavy atom. The van der Waals surface area contributed by atoms with E-state index in [1.54, 1.807) is 0 Å². The molecule has 4 nitrogen and oxygen atoms in total. The molecule has 0 radical (unpaired) electrons. The maximum absolute atomic E-state index is 12.4. The number of carbonyl (C=O) groups excluding carboxylic acids is 1. The van der Waals surface area contributed by atoms with Crippen molar-refractivity contribution in [2.45, 2.75) is 64.0 Å². The van der Waals surface area contributed by atoms with Crippen molar-refractivity contribution in [2.24, 2.45) is 0 Å². The fourth-order valence-electron chi connectivity index (χ4n) is 2.43. The van der Waals surface area contributed by atoms with Gasteiger partial charge in [-0.2, -0.15) is 0 Å². The van der Waals surface area contributed by atoms with E-state index < -0.39 is 0 Å². The van der Waals surface area contributed by atoms with Crippen LogP contribution in [0.4, 0.5) is 0 Å². The summed E-state index contributed by atoms with van der Waals surface area (Å²) in [4.78, 5) is 17.0. The Bertz CT molecular complexity index is 667. The Hall–Kier alpha value is -1.75. The summed E-state index contributed by atoms with van der Waals surface area (Å²) in [5.41, 5.74) is 3.35. The highest BCUT2D eigenvalue weighted by Crippen LogP contribution is 2.25. The molecule has 1 unspecified atom stereocenters. The number of aromatic nitrogens is 2. The van der Waals surface area contributed by atoms with Gasteiger partial charge in [0.1, 0.15) is 0 Å². The summed E-state index contributed by atoms with van der Waals surface area (Å²) in [6.45, 7) is 9.78. The number of amides is 1. The van der Waals surface area contributed by atoms with E-state index in [1.165, 1.54) is 17.5 Å². The van der Waals surface area contributed by atoms with Gasteiger partial charge in [-0.15, -0.1) is 0 Å². The number of hydrogen-bond donors (Lipinski definition) is 1. The molecule has 2 aromatic rings. The van der Waals surface area contributed by atoms with Crippen LogP contribution in [0.15, 0.2) is 35.5 Å². The lowest BCUT2D eigenvalue weighted by atomic mass is 10.2. The molecule has 1 aromatic carbocycles. The molecule has 2 rings (SSSR count). The zero-order valence-corrected chi connectivity index (χ0v) is 15.8. The van der Waals surface area contributed by atoms with Crippen LogP contribution in [-0.4, -0.2) is 20.7 Å². The molecule has 1 heterocycles. The van der Waals surface area contributed by atoms with Crippen molar-refractivity contribution in [1.82, 2.24) is 14.9 Å². The zero-order chi connectivity index (χ0) is 17.5. The normalized spacial score (nSPS) is 12.2. The highest BCUT2D eigenvalue weighted by Gasteiger charge is 2.19. The van der Waals surface area contributed by atoms with Gasteiger partial charge in [0.25, 0.3) is 0 Å². The van der Waals surface area contributed by atoms with E-state index in [9.17, 15) is 4.79 Å². The second-order valence-electron chi connectivity index (χ2n) is 6.03. The van der Waals surface area contributed by atoms with Crippen LogP contribution in [0.3, 0.4) is 0 Å². The first-order valence-electron chi connectivity index (χ1n) is 8.55. The number of thioether (sulfide) groups is 1. The summed E-state index contributed by atoms with van der Waals surface area (Å²) >= 11 is 1.54. The summed E-state index contributed by atoms with van der Waals surface area (Å²) in [6, 6.07) is 9.97. The molecular weight excluding hydrogens is 318 g/mol. The van der Waals surface area contributed by atoms with E-state index in [4.69, 9.17) is 0 Å². The first kappa shape index (κ1) is 18.6. The number of hydrogen-bond acceptors (Lipinski definition) is 3. The van der Waals surface area contributed by atoms with Gasteiger partial charge in [0, 0.05) is 18.8 Å². The van der Waals surface area contributed by atoms with Crippen LogP contribution >= 0.6 is 11.8 Å². The Balaban J connectivity index is 1.97. The third-order valence-corrected chi connectivity index (χ3v) is 5.21. The van der Waals surface area contributed by atoms with Crippen LogP contribution in [0.25, 0.3) is 0 Å². The van der Waals surface area contributed by atoms with Crippen molar-refractivity contribution in [3.05, 3.63) is 47.3 Å². The van der Waals surface area contributed by atoms with Crippen molar-refractivity contribution in [1.29, 1.82) is 0 Å². The summed E-state index contributed by atoms with van der Waals surface area (Å²) < 4.78 is 2.24. The number of nitrogens with zero attached hydrogens (tertiary/aromatic N) is 2. The predicted octanol–water partition coefficient (Wildman–Crippen LogP) is 4.10. The van der Waals surface area contributed by atoms with Gasteiger partial charge in [0.2, 0.25) is 5.91 Å². The largest absolute Gasteiger partial charge is 0.351 e. The lowest BCUT2D eigenvalue weighted by Gasteiger charge is -2.14. The first-order valence-corrected chi connectivity index (χ1v) is 9.43. The molecule has 0 bridgehead atoms. The van der Waals surface area contributed by atoms with Gasteiger partial charge in [-0.1, -0.05) is 55.4 Å². The number of carbonyl (C=O) groups is 1. The Morgan fingerprint density at radius 3 is 2.67 bits per heavy atom. The van der Waals surface area contributed by atoms with Crippen molar-refractivity contribution >= 4 is 17.7 Å². The molecule has 1 atom stereocenters. The van der Waals surface area contributed by atoms with E-state index in [2.05, 4.69) is 28.7 Å². The molecule has 1 amide bonds. The van der Waals surface area contributed by atoms with Crippen LogP contribution in [0.1, 0.15) is 43.6 Å². The van der Waals surface area contributed by atoms with E-state index in [-0.39, 0.29) is 11.2 Å². The standard InChI is InChI=1S/C19H27N3OS/c1-5-6-12-22-15(3)14(2)21-19(22)24-16(4)18(23)20-13-17-10-8-7-9-11-17/h7-11,16H,5-6,12-13H2,1-4H3,(H,20,23). The molecule has 0 saturated carbocycles. The lowest BCUT2D eigenvalue weighted by molar-refractivity contribution is -0.120. The average Bonchev–Trinajstić information content (AvgIpc) is 2.85.